The fourth-order valence-corrected chi connectivity index (χ4v) is 5.25. The number of H-pyrrole nitrogens is 1. The normalized spacial score (nSPS) is 11.6. The molecule has 1 aromatic carbocycles. The van der Waals surface area contributed by atoms with Crippen molar-refractivity contribution >= 4 is 43.9 Å². The molecule has 0 fully saturated rings. The SMILES string of the molecule is CCOC(=O)c1cc2cc(OCCOC)cc(NS(=O)(=O)c3sccc3C)c2[nH]1. The molecule has 0 bridgehead atoms. The summed E-state index contributed by atoms with van der Waals surface area (Å²) in [6.07, 6.45) is 0. The summed E-state index contributed by atoms with van der Waals surface area (Å²) >= 11 is 1.14. The van der Waals surface area contributed by atoms with Gasteiger partial charge in [0.15, 0.2) is 0 Å². The topological polar surface area (TPSA) is 107 Å². The Morgan fingerprint density at radius 1 is 1.24 bits per heavy atom. The molecule has 3 aromatic rings. The van der Waals surface area contributed by atoms with Crippen molar-refractivity contribution in [2.75, 3.05) is 31.7 Å². The summed E-state index contributed by atoms with van der Waals surface area (Å²) in [5.41, 5.74) is 1.62. The number of ether oxygens (including phenoxy) is 3. The van der Waals surface area contributed by atoms with E-state index in [4.69, 9.17) is 14.2 Å². The van der Waals surface area contributed by atoms with Gasteiger partial charge in [-0.05, 0) is 43.0 Å². The zero-order valence-electron chi connectivity index (χ0n) is 16.3. The smallest absolute Gasteiger partial charge is 0.354 e. The van der Waals surface area contributed by atoms with Gasteiger partial charge in [0, 0.05) is 18.6 Å². The van der Waals surface area contributed by atoms with Crippen LogP contribution in [-0.4, -0.2) is 46.3 Å². The van der Waals surface area contributed by atoms with Crippen LogP contribution in [-0.2, 0) is 19.5 Å². The van der Waals surface area contributed by atoms with E-state index in [1.54, 1.807) is 50.6 Å². The molecule has 3 rings (SSSR count). The second-order valence-corrected chi connectivity index (χ2v) is 8.97. The molecule has 0 radical (unpaired) electrons. The van der Waals surface area contributed by atoms with E-state index in [-0.39, 0.29) is 22.2 Å². The molecule has 8 nitrogen and oxygen atoms in total. The number of fused-ring (bicyclic) bond motifs is 1. The van der Waals surface area contributed by atoms with Gasteiger partial charge in [-0.2, -0.15) is 0 Å². The predicted octanol–water partition coefficient (Wildman–Crippen LogP) is 3.54. The van der Waals surface area contributed by atoms with Crippen LogP contribution in [0.4, 0.5) is 5.69 Å². The molecule has 10 heteroatoms. The Bertz CT molecular complexity index is 1120. The van der Waals surface area contributed by atoms with E-state index >= 15 is 0 Å². The number of esters is 1. The molecule has 2 heterocycles. The van der Waals surface area contributed by atoms with E-state index in [1.165, 1.54) is 0 Å². The molecule has 0 unspecified atom stereocenters. The number of nitrogens with one attached hydrogen (secondary N) is 2. The molecular formula is C19H22N2O6S2. The lowest BCUT2D eigenvalue weighted by Crippen LogP contribution is -2.13. The van der Waals surface area contributed by atoms with Crippen molar-refractivity contribution in [2.24, 2.45) is 0 Å². The molecule has 2 aromatic heterocycles. The number of aromatic amines is 1. The Hall–Kier alpha value is -2.56. The molecule has 2 N–H and O–H groups in total. The van der Waals surface area contributed by atoms with Crippen LogP contribution < -0.4 is 9.46 Å². The Kier molecular flexibility index (Phi) is 6.46. The third-order valence-corrected chi connectivity index (χ3v) is 7.11. The highest BCUT2D eigenvalue weighted by Gasteiger charge is 2.22. The summed E-state index contributed by atoms with van der Waals surface area (Å²) in [5.74, 6) is -0.0713. The highest BCUT2D eigenvalue weighted by atomic mass is 32.2. The lowest BCUT2D eigenvalue weighted by Gasteiger charge is -2.12. The summed E-state index contributed by atoms with van der Waals surface area (Å²) < 4.78 is 44.3. The summed E-state index contributed by atoms with van der Waals surface area (Å²) in [6.45, 7) is 4.36. The van der Waals surface area contributed by atoms with Crippen LogP contribution in [0, 0.1) is 6.92 Å². The number of benzene rings is 1. The Balaban J connectivity index is 2.04. The zero-order chi connectivity index (χ0) is 21.0. The molecule has 0 amide bonds. The Morgan fingerprint density at radius 3 is 2.69 bits per heavy atom. The van der Waals surface area contributed by atoms with Crippen molar-refractivity contribution in [3.8, 4) is 5.75 Å². The third-order valence-electron chi connectivity index (χ3n) is 4.06. The van der Waals surface area contributed by atoms with Crippen LogP contribution in [0.25, 0.3) is 10.9 Å². The van der Waals surface area contributed by atoms with E-state index in [0.29, 0.717) is 35.4 Å². The average Bonchev–Trinajstić information content (AvgIpc) is 3.28. The van der Waals surface area contributed by atoms with Crippen molar-refractivity contribution in [3.63, 3.8) is 0 Å². The van der Waals surface area contributed by atoms with Crippen LogP contribution in [0.2, 0.25) is 0 Å². The number of rotatable bonds is 9. The van der Waals surface area contributed by atoms with Gasteiger partial charge in [0.05, 0.1) is 24.4 Å². The number of aromatic nitrogens is 1. The molecule has 29 heavy (non-hydrogen) atoms. The van der Waals surface area contributed by atoms with Gasteiger partial charge in [0.2, 0.25) is 0 Å². The van der Waals surface area contributed by atoms with Crippen molar-refractivity contribution in [3.05, 3.63) is 40.9 Å². The first-order chi connectivity index (χ1) is 13.9. The second-order valence-electron chi connectivity index (χ2n) is 6.18. The van der Waals surface area contributed by atoms with Gasteiger partial charge in [-0.3, -0.25) is 4.72 Å². The van der Waals surface area contributed by atoms with E-state index in [1.807, 2.05) is 0 Å². The van der Waals surface area contributed by atoms with Crippen LogP contribution in [0.15, 0.2) is 33.9 Å². The maximum atomic E-state index is 12.9. The molecule has 0 spiro atoms. The third kappa shape index (κ3) is 4.72. The minimum absolute atomic E-state index is 0.226. The zero-order valence-corrected chi connectivity index (χ0v) is 17.9. The van der Waals surface area contributed by atoms with Gasteiger partial charge in [0.1, 0.15) is 22.3 Å². The van der Waals surface area contributed by atoms with Crippen LogP contribution in [0.5, 0.6) is 5.75 Å². The minimum Gasteiger partial charge on any atom is -0.491 e. The molecule has 0 aliphatic carbocycles. The number of hydrogen-bond donors (Lipinski definition) is 2. The first-order valence-corrected chi connectivity index (χ1v) is 11.2. The first-order valence-electron chi connectivity index (χ1n) is 8.88. The fraction of sp³-hybridized carbons (Fsp3) is 0.316. The molecular weight excluding hydrogens is 416 g/mol. The summed E-state index contributed by atoms with van der Waals surface area (Å²) in [4.78, 5) is 15.0. The first kappa shape index (κ1) is 21.2. The number of methoxy groups -OCH3 is 1. The molecule has 0 aliphatic rings. The van der Waals surface area contributed by atoms with Gasteiger partial charge in [0.25, 0.3) is 10.0 Å². The van der Waals surface area contributed by atoms with Crippen molar-refractivity contribution < 1.29 is 27.4 Å². The Labute approximate surface area is 172 Å². The monoisotopic (exact) mass is 438 g/mol. The second kappa shape index (κ2) is 8.85. The van der Waals surface area contributed by atoms with E-state index in [9.17, 15) is 13.2 Å². The van der Waals surface area contributed by atoms with E-state index in [2.05, 4.69) is 9.71 Å². The highest BCUT2D eigenvalue weighted by Crippen LogP contribution is 2.33. The van der Waals surface area contributed by atoms with Crippen LogP contribution in [0.3, 0.4) is 0 Å². The largest absolute Gasteiger partial charge is 0.491 e. The number of thiophene rings is 1. The standard InChI is InChI=1S/C19H22N2O6S2/c1-4-26-18(22)16-10-13-9-14(27-7-6-25-3)11-15(17(13)20-16)21-29(23,24)19-12(2)5-8-28-19/h5,8-11,20-21H,4,6-7H2,1-3H3. The lowest BCUT2D eigenvalue weighted by atomic mass is 10.2. The molecule has 156 valence electrons. The van der Waals surface area contributed by atoms with E-state index in [0.717, 1.165) is 11.3 Å². The maximum absolute atomic E-state index is 12.9. The van der Waals surface area contributed by atoms with Crippen LogP contribution in [0.1, 0.15) is 23.0 Å². The van der Waals surface area contributed by atoms with Crippen LogP contribution >= 0.6 is 11.3 Å². The summed E-state index contributed by atoms with van der Waals surface area (Å²) in [5, 5.41) is 2.33. The average molecular weight is 439 g/mol. The van der Waals surface area contributed by atoms with Gasteiger partial charge < -0.3 is 19.2 Å². The molecule has 0 saturated heterocycles. The Morgan fingerprint density at radius 2 is 2.03 bits per heavy atom. The summed E-state index contributed by atoms with van der Waals surface area (Å²) in [7, 11) is -2.24. The minimum atomic E-state index is -3.80. The van der Waals surface area contributed by atoms with Gasteiger partial charge in [-0.15, -0.1) is 11.3 Å². The van der Waals surface area contributed by atoms with Crippen molar-refractivity contribution in [1.82, 2.24) is 4.98 Å². The number of aryl methyl sites for hydroxylation is 1. The number of carbonyl (C=O) groups excluding carboxylic acids is 1. The number of anilines is 1. The lowest BCUT2D eigenvalue weighted by molar-refractivity contribution is 0.0520. The van der Waals surface area contributed by atoms with Crippen molar-refractivity contribution in [1.29, 1.82) is 0 Å². The number of sulfonamides is 1. The quantitative estimate of drug-likeness (QED) is 0.391. The van der Waals surface area contributed by atoms with Gasteiger partial charge in [-0.25, -0.2) is 13.2 Å². The maximum Gasteiger partial charge on any atom is 0.354 e. The predicted molar refractivity (Wildman–Crippen MR) is 111 cm³/mol. The molecule has 0 saturated carbocycles. The van der Waals surface area contributed by atoms with Gasteiger partial charge in [-0.1, -0.05) is 0 Å². The molecule has 0 aliphatic heterocycles. The van der Waals surface area contributed by atoms with Crippen molar-refractivity contribution in [2.45, 2.75) is 18.1 Å². The highest BCUT2D eigenvalue weighted by molar-refractivity contribution is 7.94. The number of hydrogen-bond acceptors (Lipinski definition) is 7. The fourth-order valence-electron chi connectivity index (χ4n) is 2.77. The molecule has 0 atom stereocenters. The number of carbonyl (C=O) groups is 1. The van der Waals surface area contributed by atoms with Gasteiger partial charge >= 0.3 is 5.97 Å². The summed E-state index contributed by atoms with van der Waals surface area (Å²) in [6, 6.07) is 6.64. The van der Waals surface area contributed by atoms with E-state index < -0.39 is 16.0 Å².